The van der Waals surface area contributed by atoms with Gasteiger partial charge < -0.3 is 52.1 Å². The summed E-state index contributed by atoms with van der Waals surface area (Å²) in [5, 5.41) is -0.287. The third kappa shape index (κ3) is 14.4. The molecule has 0 aliphatic carbocycles. The van der Waals surface area contributed by atoms with E-state index in [1.165, 1.54) is 11.8 Å². The Hall–Kier alpha value is -5.15. The number of rotatable bonds is 24. The fraction of sp³-hybridized carbons (Fsp3) is 0.328. The molecule has 11 atom stereocenters. The van der Waals surface area contributed by atoms with E-state index in [0.717, 1.165) is 37.0 Å². The van der Waals surface area contributed by atoms with E-state index in [2.05, 4.69) is 34.7 Å². The lowest BCUT2D eigenvalue weighted by Crippen LogP contribution is -2.69. The lowest BCUT2D eigenvalue weighted by molar-refractivity contribution is -0.408. The standard InChI is InChI=1S/C64H65IO12S/c1-67-61-59(71-41-48-28-14-5-15-29-48)57(69-39-46-24-10-3-11-25-46)55(53(74-61)43-68-38-45-22-8-2-9-23-45)76-62-60(72-42-49-30-16-6-17-31-49)58(70-40-47-26-12-4-13-27-47)56-54(75-62)44-73-64(77-56,51-33-18-7-19-34-51)63(66)78-37-36-50-32-20-21-35-52(50)65/h2-35,53-62H,36-44H2,1H3/t53-,54-,55-,56-,57+,58+,59-,60+,61+,62+,64-/m1/s1. The van der Waals surface area contributed by atoms with Crippen molar-refractivity contribution in [2.45, 2.75) is 107 Å². The molecular weight excluding hydrogens is 1120 g/mol. The molecule has 0 N–H and O–H groups in total. The highest BCUT2D eigenvalue weighted by atomic mass is 127. The zero-order chi connectivity index (χ0) is 53.4. The van der Waals surface area contributed by atoms with Gasteiger partial charge in [0.05, 0.1) is 46.2 Å². The summed E-state index contributed by atoms with van der Waals surface area (Å²) in [4.78, 5) is 15.0. The Morgan fingerprint density at radius 1 is 0.538 bits per heavy atom. The number of halogens is 1. The van der Waals surface area contributed by atoms with Gasteiger partial charge in [-0.1, -0.05) is 212 Å². The van der Waals surface area contributed by atoms with E-state index in [1.54, 1.807) is 7.11 Å². The minimum atomic E-state index is -1.82. The molecule has 0 bridgehead atoms. The van der Waals surface area contributed by atoms with Crippen molar-refractivity contribution < 1.29 is 56.9 Å². The van der Waals surface area contributed by atoms with E-state index in [1.807, 2.05) is 194 Å². The van der Waals surface area contributed by atoms with Gasteiger partial charge in [-0.15, -0.1) is 0 Å². The van der Waals surface area contributed by atoms with Gasteiger partial charge in [0.15, 0.2) is 12.6 Å². The second-order valence-electron chi connectivity index (χ2n) is 19.3. The highest BCUT2D eigenvalue weighted by molar-refractivity contribution is 14.1. The zero-order valence-corrected chi connectivity index (χ0v) is 46.4. The molecule has 0 saturated carbocycles. The van der Waals surface area contributed by atoms with E-state index >= 15 is 4.79 Å². The summed E-state index contributed by atoms with van der Waals surface area (Å²) in [7, 11) is 1.60. The molecule has 7 aromatic carbocycles. The van der Waals surface area contributed by atoms with Gasteiger partial charge in [0.1, 0.15) is 48.8 Å². The van der Waals surface area contributed by atoms with Crippen LogP contribution < -0.4 is 0 Å². The Balaban J connectivity index is 1.02. The number of carbonyl (C=O) groups is 1. The molecule has 12 nitrogen and oxygen atoms in total. The maximum Gasteiger partial charge on any atom is 0.267 e. The van der Waals surface area contributed by atoms with Gasteiger partial charge in [0.25, 0.3) is 10.9 Å². The van der Waals surface area contributed by atoms with Crippen LogP contribution in [-0.4, -0.2) is 92.6 Å². The molecule has 0 radical (unpaired) electrons. The molecule has 0 amide bonds. The molecule has 14 heteroatoms. The van der Waals surface area contributed by atoms with Crippen molar-refractivity contribution in [2.75, 3.05) is 26.1 Å². The Labute approximate surface area is 475 Å². The molecule has 3 fully saturated rings. The molecule has 78 heavy (non-hydrogen) atoms. The first-order valence-electron chi connectivity index (χ1n) is 26.4. The average molecular weight is 1190 g/mol. The minimum Gasteiger partial charge on any atom is -0.374 e. The van der Waals surface area contributed by atoms with Crippen LogP contribution in [0.4, 0.5) is 0 Å². The summed E-state index contributed by atoms with van der Waals surface area (Å²) in [5.41, 5.74) is 6.47. The largest absolute Gasteiger partial charge is 0.374 e. The predicted octanol–water partition coefficient (Wildman–Crippen LogP) is 11.4. The first kappa shape index (κ1) is 56.1. The third-order valence-corrected chi connectivity index (χ3v) is 16.0. The number of thioether (sulfide) groups is 1. The smallest absolute Gasteiger partial charge is 0.267 e. The number of fused-ring (bicyclic) bond motifs is 1. The van der Waals surface area contributed by atoms with Gasteiger partial charge in [0.2, 0.25) is 0 Å². The van der Waals surface area contributed by atoms with Crippen molar-refractivity contribution >= 4 is 39.5 Å². The van der Waals surface area contributed by atoms with Gasteiger partial charge in [-0.3, -0.25) is 4.79 Å². The monoisotopic (exact) mass is 1180 g/mol. The van der Waals surface area contributed by atoms with Crippen LogP contribution in [0.25, 0.3) is 0 Å². The fourth-order valence-electron chi connectivity index (χ4n) is 9.96. The number of aryl methyl sites for hydroxylation is 1. The van der Waals surface area contributed by atoms with E-state index in [0.29, 0.717) is 24.3 Å². The zero-order valence-electron chi connectivity index (χ0n) is 43.5. The van der Waals surface area contributed by atoms with Crippen LogP contribution in [0.1, 0.15) is 38.9 Å². The van der Waals surface area contributed by atoms with Crippen molar-refractivity contribution in [1.29, 1.82) is 0 Å². The number of ether oxygens (including phenoxy) is 11. The van der Waals surface area contributed by atoms with Gasteiger partial charge in [0, 0.05) is 22.0 Å². The SMILES string of the molecule is CO[C@H]1O[C@H](COCc2ccccc2)[C@@H](O[C@@H]2O[C@@H]3CO[C@](C(=O)SCCc4ccccc4I)(c4ccccc4)O[C@H]3[C@H](OCc3ccccc3)[C@@H]2OCc2ccccc2)[C@H](OCc2ccccc2)[C@H]1OCc1ccccc1. The lowest BCUT2D eigenvalue weighted by Gasteiger charge is -2.53. The summed E-state index contributed by atoms with van der Waals surface area (Å²) in [6.45, 7) is 1.17. The molecule has 3 aliphatic rings. The molecule has 0 aromatic heterocycles. The number of benzene rings is 7. The van der Waals surface area contributed by atoms with Crippen molar-refractivity contribution in [3.63, 3.8) is 0 Å². The van der Waals surface area contributed by atoms with Crippen LogP contribution in [-0.2, 0) is 102 Å². The molecule has 3 heterocycles. The Morgan fingerprint density at radius 2 is 1.00 bits per heavy atom. The number of methoxy groups -OCH3 is 1. The quantitative estimate of drug-likeness (QED) is 0.0535. The van der Waals surface area contributed by atoms with Crippen LogP contribution in [0.3, 0.4) is 0 Å². The summed E-state index contributed by atoms with van der Waals surface area (Å²) >= 11 is 3.52. The van der Waals surface area contributed by atoms with E-state index in [-0.39, 0.29) is 44.8 Å². The van der Waals surface area contributed by atoms with E-state index in [4.69, 9.17) is 52.1 Å². The molecule has 3 aliphatic heterocycles. The predicted molar refractivity (Wildman–Crippen MR) is 305 cm³/mol. The van der Waals surface area contributed by atoms with Gasteiger partial charge in [-0.2, -0.15) is 0 Å². The molecule has 0 spiro atoms. The van der Waals surface area contributed by atoms with Gasteiger partial charge in [-0.05, 0) is 68.5 Å². The van der Waals surface area contributed by atoms with Crippen LogP contribution in [0.15, 0.2) is 206 Å². The maximum absolute atomic E-state index is 15.0. The summed E-state index contributed by atoms with van der Waals surface area (Å²) < 4.78 is 77.4. The Bertz CT molecular complexity index is 2880. The highest BCUT2D eigenvalue weighted by Gasteiger charge is 2.60. The topological polar surface area (TPSA) is 119 Å². The van der Waals surface area contributed by atoms with Crippen LogP contribution in [0, 0.1) is 3.57 Å². The molecule has 0 unspecified atom stereocenters. The minimum absolute atomic E-state index is 0.0494. The van der Waals surface area contributed by atoms with Gasteiger partial charge >= 0.3 is 0 Å². The van der Waals surface area contributed by atoms with Gasteiger partial charge in [-0.25, -0.2) is 0 Å². The van der Waals surface area contributed by atoms with E-state index < -0.39 is 67.2 Å². The lowest BCUT2D eigenvalue weighted by atomic mass is 9.94. The Morgan fingerprint density at radius 3 is 1.53 bits per heavy atom. The highest BCUT2D eigenvalue weighted by Crippen LogP contribution is 2.44. The third-order valence-electron chi connectivity index (χ3n) is 14.0. The first-order valence-corrected chi connectivity index (χ1v) is 28.5. The van der Waals surface area contributed by atoms with Crippen molar-refractivity contribution in [2.24, 2.45) is 0 Å². The molecule has 3 saturated heterocycles. The first-order chi connectivity index (χ1) is 38.4. The fourth-order valence-corrected chi connectivity index (χ4v) is 11.5. The van der Waals surface area contributed by atoms with Crippen molar-refractivity contribution in [3.8, 4) is 0 Å². The number of hydrogen-bond acceptors (Lipinski definition) is 13. The molecule has 7 aromatic rings. The number of carbonyl (C=O) groups excluding carboxylic acids is 1. The second kappa shape index (κ2) is 28.3. The van der Waals surface area contributed by atoms with Crippen LogP contribution in [0.2, 0.25) is 0 Å². The normalized spacial score (nSPS) is 26.0. The van der Waals surface area contributed by atoms with E-state index in [9.17, 15) is 0 Å². The summed E-state index contributed by atoms with van der Waals surface area (Å²) in [5.74, 6) is -1.32. The number of hydrogen-bond donors (Lipinski definition) is 0. The maximum atomic E-state index is 15.0. The van der Waals surface area contributed by atoms with Crippen LogP contribution >= 0.6 is 34.4 Å². The van der Waals surface area contributed by atoms with Crippen molar-refractivity contribution in [3.05, 3.63) is 249 Å². The molecule has 10 rings (SSSR count). The summed E-state index contributed by atoms with van der Waals surface area (Å²) in [6.07, 6.45) is -8.29. The second-order valence-corrected chi connectivity index (χ2v) is 21.6. The summed E-state index contributed by atoms with van der Waals surface area (Å²) in [6, 6.07) is 67.3. The van der Waals surface area contributed by atoms with Crippen LogP contribution in [0.5, 0.6) is 0 Å². The Kier molecular flexibility index (Phi) is 20.4. The molecule has 406 valence electrons. The molecular formula is C64H65IO12S. The average Bonchev–Trinajstić information content (AvgIpc) is 3.63. The van der Waals surface area contributed by atoms with Crippen molar-refractivity contribution in [1.82, 2.24) is 0 Å².